The third-order valence-corrected chi connectivity index (χ3v) is 4.66. The predicted octanol–water partition coefficient (Wildman–Crippen LogP) is 3.23. The number of primary amides is 1. The van der Waals surface area contributed by atoms with Gasteiger partial charge in [0.15, 0.2) is 0 Å². The van der Waals surface area contributed by atoms with Gasteiger partial charge in [-0.1, -0.05) is 38.3 Å². The van der Waals surface area contributed by atoms with Gasteiger partial charge in [-0.3, -0.25) is 4.79 Å². The molecule has 1 amide bonds. The normalized spacial score (nSPS) is 19.7. The summed E-state index contributed by atoms with van der Waals surface area (Å²) in [6.07, 6.45) is 5.20. The molecule has 3 nitrogen and oxygen atoms in total. The number of amides is 1. The third-order valence-electron chi connectivity index (χ3n) is 4.66. The third kappa shape index (κ3) is 2.60. The largest absolute Gasteiger partial charge is 0.497 e. The first-order chi connectivity index (χ1) is 9.10. The van der Waals surface area contributed by atoms with Crippen molar-refractivity contribution in [3.8, 4) is 5.75 Å². The minimum absolute atomic E-state index is 0.139. The zero-order valence-electron chi connectivity index (χ0n) is 11.8. The molecule has 1 atom stereocenters. The van der Waals surface area contributed by atoms with Crippen molar-refractivity contribution in [3.63, 3.8) is 0 Å². The molecule has 0 unspecified atom stereocenters. The predicted molar refractivity (Wildman–Crippen MR) is 76.1 cm³/mol. The highest BCUT2D eigenvalue weighted by atomic mass is 16.5. The Hall–Kier alpha value is -1.51. The van der Waals surface area contributed by atoms with Gasteiger partial charge in [-0.15, -0.1) is 0 Å². The molecule has 0 aromatic heterocycles. The standard InChI is InChI=1S/C16H23NO2/c1-12(13-7-6-8-14(11-13)19-2)16(15(17)18)9-4-3-5-10-16/h6-8,11-12H,3-5,9-10H2,1-2H3,(H2,17,18)/t12-/m0/s1. The minimum Gasteiger partial charge on any atom is -0.497 e. The van der Waals surface area contributed by atoms with E-state index in [0.29, 0.717) is 0 Å². The molecular weight excluding hydrogens is 238 g/mol. The molecule has 0 saturated heterocycles. The zero-order valence-corrected chi connectivity index (χ0v) is 11.8. The van der Waals surface area contributed by atoms with Crippen molar-refractivity contribution < 1.29 is 9.53 Å². The van der Waals surface area contributed by atoms with E-state index in [2.05, 4.69) is 13.0 Å². The van der Waals surface area contributed by atoms with Crippen LogP contribution in [0.4, 0.5) is 0 Å². The van der Waals surface area contributed by atoms with Gasteiger partial charge in [-0.2, -0.15) is 0 Å². The van der Waals surface area contributed by atoms with Gasteiger partial charge in [0.1, 0.15) is 5.75 Å². The number of carbonyl (C=O) groups excluding carboxylic acids is 1. The van der Waals surface area contributed by atoms with Gasteiger partial charge in [-0.25, -0.2) is 0 Å². The second-order valence-corrected chi connectivity index (χ2v) is 5.58. The lowest BCUT2D eigenvalue weighted by Crippen LogP contribution is -2.42. The molecule has 19 heavy (non-hydrogen) atoms. The number of hydrogen-bond donors (Lipinski definition) is 1. The molecule has 1 aliphatic rings. The fourth-order valence-corrected chi connectivity index (χ4v) is 3.31. The molecule has 0 heterocycles. The number of methoxy groups -OCH3 is 1. The lowest BCUT2D eigenvalue weighted by molar-refractivity contribution is -0.130. The van der Waals surface area contributed by atoms with E-state index in [4.69, 9.17) is 10.5 Å². The molecule has 104 valence electrons. The summed E-state index contributed by atoms with van der Waals surface area (Å²) in [6, 6.07) is 7.98. The highest BCUT2D eigenvalue weighted by Gasteiger charge is 2.43. The summed E-state index contributed by atoms with van der Waals surface area (Å²) in [4.78, 5) is 12.0. The number of nitrogens with two attached hydrogens (primary N) is 1. The van der Waals surface area contributed by atoms with Crippen LogP contribution in [0.25, 0.3) is 0 Å². The van der Waals surface area contributed by atoms with Crippen molar-refractivity contribution in [1.82, 2.24) is 0 Å². The molecule has 1 aliphatic carbocycles. The maximum atomic E-state index is 12.0. The summed E-state index contributed by atoms with van der Waals surface area (Å²) >= 11 is 0. The van der Waals surface area contributed by atoms with Crippen LogP contribution in [0.3, 0.4) is 0 Å². The van der Waals surface area contributed by atoms with E-state index in [-0.39, 0.29) is 17.2 Å². The summed E-state index contributed by atoms with van der Waals surface area (Å²) in [5.41, 5.74) is 6.50. The Morgan fingerprint density at radius 3 is 2.58 bits per heavy atom. The van der Waals surface area contributed by atoms with Crippen LogP contribution in [0.15, 0.2) is 24.3 Å². The van der Waals surface area contributed by atoms with Crippen molar-refractivity contribution in [1.29, 1.82) is 0 Å². The summed E-state index contributed by atoms with van der Waals surface area (Å²) < 4.78 is 5.27. The van der Waals surface area contributed by atoms with Gasteiger partial charge in [0.2, 0.25) is 5.91 Å². The van der Waals surface area contributed by atoms with Crippen molar-refractivity contribution >= 4 is 5.91 Å². The smallest absolute Gasteiger partial charge is 0.224 e. The number of ether oxygens (including phenoxy) is 1. The van der Waals surface area contributed by atoms with Crippen LogP contribution in [0.1, 0.15) is 50.5 Å². The molecule has 2 N–H and O–H groups in total. The van der Waals surface area contributed by atoms with Crippen molar-refractivity contribution in [3.05, 3.63) is 29.8 Å². The van der Waals surface area contributed by atoms with E-state index in [1.54, 1.807) is 7.11 Å². The first kappa shape index (κ1) is 13.9. The van der Waals surface area contributed by atoms with Crippen molar-refractivity contribution in [2.24, 2.45) is 11.1 Å². The average Bonchev–Trinajstić information content (AvgIpc) is 2.47. The van der Waals surface area contributed by atoms with Crippen molar-refractivity contribution in [2.75, 3.05) is 7.11 Å². The van der Waals surface area contributed by atoms with E-state index in [0.717, 1.165) is 37.0 Å². The van der Waals surface area contributed by atoms with Gasteiger partial charge in [0.05, 0.1) is 12.5 Å². The fourth-order valence-electron chi connectivity index (χ4n) is 3.31. The minimum atomic E-state index is -0.384. The van der Waals surface area contributed by atoms with Crippen molar-refractivity contribution in [2.45, 2.75) is 44.9 Å². The van der Waals surface area contributed by atoms with Crippen LogP contribution in [0, 0.1) is 5.41 Å². The molecule has 2 rings (SSSR count). The SMILES string of the molecule is COc1cccc([C@H](C)C2(C(N)=O)CCCCC2)c1. The first-order valence-corrected chi connectivity index (χ1v) is 7.04. The number of rotatable bonds is 4. The van der Waals surface area contributed by atoms with Gasteiger partial charge in [0, 0.05) is 0 Å². The number of benzene rings is 1. The van der Waals surface area contributed by atoms with E-state index in [9.17, 15) is 4.79 Å². The maximum Gasteiger partial charge on any atom is 0.224 e. The fraction of sp³-hybridized carbons (Fsp3) is 0.562. The van der Waals surface area contributed by atoms with Crippen LogP contribution in [-0.2, 0) is 4.79 Å². The molecule has 0 aliphatic heterocycles. The first-order valence-electron chi connectivity index (χ1n) is 7.04. The van der Waals surface area contributed by atoms with E-state index >= 15 is 0 Å². The molecule has 1 fully saturated rings. The van der Waals surface area contributed by atoms with Crippen LogP contribution in [0.2, 0.25) is 0 Å². The number of carbonyl (C=O) groups is 1. The van der Waals surface area contributed by atoms with E-state index in [1.807, 2.05) is 18.2 Å². The Kier molecular flexibility index (Phi) is 4.13. The summed E-state index contributed by atoms with van der Waals surface area (Å²) in [7, 11) is 1.66. The Labute approximate surface area is 115 Å². The quantitative estimate of drug-likeness (QED) is 0.904. The Bertz CT molecular complexity index is 450. The van der Waals surface area contributed by atoms with Gasteiger partial charge in [-0.05, 0) is 36.5 Å². The molecule has 0 spiro atoms. The average molecular weight is 261 g/mol. The zero-order chi connectivity index (χ0) is 13.9. The van der Waals surface area contributed by atoms with Gasteiger partial charge >= 0.3 is 0 Å². The van der Waals surface area contributed by atoms with Crippen LogP contribution < -0.4 is 10.5 Å². The Morgan fingerprint density at radius 2 is 2.00 bits per heavy atom. The Morgan fingerprint density at radius 1 is 1.32 bits per heavy atom. The molecule has 3 heteroatoms. The summed E-state index contributed by atoms with van der Waals surface area (Å²) in [5, 5.41) is 0. The van der Waals surface area contributed by atoms with Crippen LogP contribution in [0.5, 0.6) is 5.75 Å². The summed E-state index contributed by atoms with van der Waals surface area (Å²) in [5.74, 6) is 0.822. The lowest BCUT2D eigenvalue weighted by Gasteiger charge is -2.39. The molecule has 1 saturated carbocycles. The second kappa shape index (κ2) is 5.64. The van der Waals surface area contributed by atoms with Gasteiger partial charge in [0.25, 0.3) is 0 Å². The highest BCUT2D eigenvalue weighted by Crippen LogP contribution is 2.47. The molecule has 0 bridgehead atoms. The summed E-state index contributed by atoms with van der Waals surface area (Å²) in [6.45, 7) is 2.12. The Balaban J connectivity index is 2.33. The maximum absolute atomic E-state index is 12.0. The number of hydrogen-bond acceptors (Lipinski definition) is 2. The second-order valence-electron chi connectivity index (χ2n) is 5.58. The highest BCUT2D eigenvalue weighted by molar-refractivity contribution is 5.82. The molecular formula is C16H23NO2. The topological polar surface area (TPSA) is 52.3 Å². The van der Waals surface area contributed by atoms with E-state index in [1.165, 1.54) is 6.42 Å². The molecule has 0 radical (unpaired) electrons. The van der Waals surface area contributed by atoms with Crippen LogP contribution >= 0.6 is 0 Å². The lowest BCUT2D eigenvalue weighted by atomic mass is 9.64. The van der Waals surface area contributed by atoms with Crippen LogP contribution in [-0.4, -0.2) is 13.0 Å². The molecule has 1 aromatic carbocycles. The monoisotopic (exact) mass is 261 g/mol. The molecule has 1 aromatic rings. The van der Waals surface area contributed by atoms with E-state index < -0.39 is 0 Å². The van der Waals surface area contributed by atoms with Gasteiger partial charge < -0.3 is 10.5 Å².